The van der Waals surface area contributed by atoms with Crippen molar-refractivity contribution in [3.05, 3.63) is 59.0 Å². The normalized spacial score (nSPS) is 19.4. The van der Waals surface area contributed by atoms with Crippen LogP contribution in [-0.2, 0) is 9.59 Å². The number of aromatic nitrogens is 2. The van der Waals surface area contributed by atoms with Gasteiger partial charge in [0.05, 0.1) is 23.6 Å². The molecule has 2 saturated heterocycles. The minimum atomic E-state index is -0.337. The monoisotopic (exact) mass is 448 g/mol. The maximum absolute atomic E-state index is 13.2. The third-order valence-corrected chi connectivity index (χ3v) is 6.70. The molecular formula is C25H28N4O4. The van der Waals surface area contributed by atoms with Gasteiger partial charge in [-0.3, -0.25) is 14.2 Å². The van der Waals surface area contributed by atoms with Crippen molar-refractivity contribution in [2.45, 2.75) is 32.2 Å². The quantitative estimate of drug-likeness (QED) is 0.650. The van der Waals surface area contributed by atoms with E-state index in [-0.39, 0.29) is 35.9 Å². The van der Waals surface area contributed by atoms with Crippen molar-refractivity contribution < 1.29 is 14.3 Å². The molecule has 8 heteroatoms. The van der Waals surface area contributed by atoms with E-state index >= 15 is 0 Å². The maximum atomic E-state index is 13.2. The number of aromatic amines is 1. The summed E-state index contributed by atoms with van der Waals surface area (Å²) in [5.41, 5.74) is 2.42. The van der Waals surface area contributed by atoms with Crippen molar-refractivity contribution in [1.82, 2.24) is 14.5 Å². The van der Waals surface area contributed by atoms with Gasteiger partial charge in [-0.1, -0.05) is 12.1 Å². The molecule has 0 spiro atoms. The van der Waals surface area contributed by atoms with E-state index in [1.54, 1.807) is 4.90 Å². The van der Waals surface area contributed by atoms with E-state index < -0.39 is 0 Å². The Morgan fingerprint density at radius 3 is 2.52 bits per heavy atom. The molecule has 0 bridgehead atoms. The fraction of sp³-hybridized carbons (Fsp3) is 0.400. The largest absolute Gasteiger partial charge is 0.494 e. The number of H-pyrrole nitrogens is 1. The number of fused-ring (bicyclic) bond motifs is 1. The lowest BCUT2D eigenvalue weighted by molar-refractivity contribution is -0.137. The minimum Gasteiger partial charge on any atom is -0.494 e. The van der Waals surface area contributed by atoms with Gasteiger partial charge in [0.25, 0.3) is 0 Å². The summed E-state index contributed by atoms with van der Waals surface area (Å²) in [6, 6.07) is 15.2. The molecule has 172 valence electrons. The number of hydrogen-bond acceptors (Lipinski definition) is 4. The fourth-order valence-corrected chi connectivity index (χ4v) is 5.05. The second kappa shape index (κ2) is 8.77. The molecule has 2 aliphatic rings. The van der Waals surface area contributed by atoms with E-state index in [9.17, 15) is 14.4 Å². The van der Waals surface area contributed by atoms with Crippen LogP contribution in [-0.4, -0.2) is 52.5 Å². The second-order valence-corrected chi connectivity index (χ2v) is 8.71. The summed E-state index contributed by atoms with van der Waals surface area (Å²) in [6.45, 7) is 4.08. The van der Waals surface area contributed by atoms with E-state index in [0.717, 1.165) is 35.3 Å². The molecule has 33 heavy (non-hydrogen) atoms. The van der Waals surface area contributed by atoms with Crippen molar-refractivity contribution in [2.75, 3.05) is 31.1 Å². The van der Waals surface area contributed by atoms with Crippen LogP contribution in [0.1, 0.15) is 32.2 Å². The van der Waals surface area contributed by atoms with Gasteiger partial charge in [-0.2, -0.15) is 0 Å². The summed E-state index contributed by atoms with van der Waals surface area (Å²) < 4.78 is 7.29. The Labute approximate surface area is 191 Å². The van der Waals surface area contributed by atoms with Crippen LogP contribution in [0.2, 0.25) is 0 Å². The lowest BCUT2D eigenvalue weighted by Gasteiger charge is -2.34. The Hall–Kier alpha value is -3.55. The van der Waals surface area contributed by atoms with Gasteiger partial charge >= 0.3 is 5.69 Å². The lowest BCUT2D eigenvalue weighted by atomic mass is 10.0. The van der Waals surface area contributed by atoms with Gasteiger partial charge in [0.1, 0.15) is 5.75 Å². The van der Waals surface area contributed by atoms with Gasteiger partial charge in [0.15, 0.2) is 0 Å². The number of amides is 2. The van der Waals surface area contributed by atoms with Crippen LogP contribution in [0.25, 0.3) is 11.0 Å². The molecule has 0 aliphatic carbocycles. The van der Waals surface area contributed by atoms with Crippen LogP contribution in [0.3, 0.4) is 0 Å². The van der Waals surface area contributed by atoms with E-state index in [2.05, 4.69) is 4.98 Å². The number of carbonyl (C=O) groups is 2. The molecule has 1 aromatic heterocycles. The molecule has 1 N–H and O–H groups in total. The molecule has 2 aromatic carbocycles. The van der Waals surface area contributed by atoms with Gasteiger partial charge in [0.2, 0.25) is 11.8 Å². The Balaban J connectivity index is 1.22. The van der Waals surface area contributed by atoms with Gasteiger partial charge in [-0.15, -0.1) is 0 Å². The van der Waals surface area contributed by atoms with Crippen molar-refractivity contribution in [1.29, 1.82) is 0 Å². The van der Waals surface area contributed by atoms with Crippen molar-refractivity contribution >= 4 is 28.5 Å². The molecule has 5 rings (SSSR count). The highest BCUT2D eigenvalue weighted by molar-refractivity contribution is 6.00. The number of nitrogens with zero attached hydrogens (tertiary/aromatic N) is 3. The predicted molar refractivity (Wildman–Crippen MR) is 125 cm³/mol. The Morgan fingerprint density at radius 2 is 1.79 bits per heavy atom. The zero-order chi connectivity index (χ0) is 22.9. The highest BCUT2D eigenvalue weighted by atomic mass is 16.5. The van der Waals surface area contributed by atoms with E-state index in [4.69, 9.17) is 4.74 Å². The first-order valence-electron chi connectivity index (χ1n) is 11.6. The number of carbonyl (C=O) groups excluding carboxylic acids is 2. The molecule has 0 radical (unpaired) electrons. The minimum absolute atomic E-state index is 0.0292. The van der Waals surface area contributed by atoms with Gasteiger partial charge < -0.3 is 19.5 Å². The molecule has 0 saturated carbocycles. The number of anilines is 1. The maximum Gasteiger partial charge on any atom is 0.326 e. The molecule has 8 nitrogen and oxygen atoms in total. The highest BCUT2D eigenvalue weighted by Gasteiger charge is 2.38. The summed E-state index contributed by atoms with van der Waals surface area (Å²) in [7, 11) is 0. The molecule has 1 unspecified atom stereocenters. The number of nitrogens with one attached hydrogen (secondary N) is 1. The summed E-state index contributed by atoms with van der Waals surface area (Å²) in [4.78, 5) is 44.8. The molecule has 2 fully saturated rings. The lowest BCUT2D eigenvalue weighted by Crippen LogP contribution is -2.43. The van der Waals surface area contributed by atoms with Gasteiger partial charge in [-0.05, 0) is 56.2 Å². The number of para-hydroxylation sites is 2. The fourth-order valence-electron chi connectivity index (χ4n) is 5.05. The van der Waals surface area contributed by atoms with Crippen LogP contribution >= 0.6 is 0 Å². The third kappa shape index (κ3) is 4.01. The van der Waals surface area contributed by atoms with Gasteiger partial charge in [-0.25, -0.2) is 4.79 Å². The SMILES string of the molecule is CCOc1ccc(N2CC(C(=O)N3CCC(n4c(=O)[nH]c5ccccc54)CC3)CC2=O)cc1. The number of ether oxygens (including phenoxy) is 1. The van der Waals surface area contributed by atoms with Crippen LogP contribution in [0.4, 0.5) is 5.69 Å². The van der Waals surface area contributed by atoms with Crippen LogP contribution in [0, 0.1) is 5.92 Å². The standard InChI is InChI=1S/C25H28N4O4/c1-2-33-20-9-7-18(8-10-20)28-16-17(15-23(28)30)24(31)27-13-11-19(12-14-27)29-22-6-4-3-5-21(22)26-25(29)32/h3-10,17,19H,2,11-16H2,1H3,(H,26,32). The number of rotatable bonds is 5. The van der Waals surface area contributed by atoms with E-state index in [0.29, 0.717) is 26.2 Å². The zero-order valence-electron chi connectivity index (χ0n) is 18.7. The molecular weight excluding hydrogens is 420 g/mol. The van der Waals surface area contributed by atoms with Crippen molar-refractivity contribution in [3.63, 3.8) is 0 Å². The van der Waals surface area contributed by atoms with E-state index in [1.165, 1.54) is 0 Å². The van der Waals surface area contributed by atoms with Crippen LogP contribution < -0.4 is 15.3 Å². The van der Waals surface area contributed by atoms with E-state index in [1.807, 2.05) is 64.9 Å². The van der Waals surface area contributed by atoms with Crippen LogP contribution in [0.5, 0.6) is 5.75 Å². The van der Waals surface area contributed by atoms with Crippen molar-refractivity contribution in [3.8, 4) is 5.75 Å². The smallest absolute Gasteiger partial charge is 0.326 e. The number of piperidine rings is 1. The number of likely N-dealkylation sites (tertiary alicyclic amines) is 1. The van der Waals surface area contributed by atoms with Crippen LogP contribution in [0.15, 0.2) is 53.3 Å². The Kier molecular flexibility index (Phi) is 5.66. The van der Waals surface area contributed by atoms with Crippen molar-refractivity contribution in [2.24, 2.45) is 5.92 Å². The highest BCUT2D eigenvalue weighted by Crippen LogP contribution is 2.30. The molecule has 3 aromatic rings. The first kappa shape index (κ1) is 21.3. The summed E-state index contributed by atoms with van der Waals surface area (Å²) in [6.07, 6.45) is 1.67. The topological polar surface area (TPSA) is 87.6 Å². The average molecular weight is 449 g/mol. The average Bonchev–Trinajstić information content (AvgIpc) is 3.38. The molecule has 1 atom stereocenters. The Bertz CT molecular complexity index is 1220. The third-order valence-electron chi connectivity index (χ3n) is 6.70. The Morgan fingerprint density at radius 1 is 1.06 bits per heavy atom. The first-order valence-corrected chi connectivity index (χ1v) is 11.6. The first-order chi connectivity index (χ1) is 16.0. The number of imidazole rings is 1. The zero-order valence-corrected chi connectivity index (χ0v) is 18.7. The number of hydrogen-bond donors (Lipinski definition) is 1. The molecule has 2 amide bonds. The van der Waals surface area contributed by atoms with Gasteiger partial charge in [0, 0.05) is 37.8 Å². The summed E-state index contributed by atoms with van der Waals surface area (Å²) in [5, 5.41) is 0. The summed E-state index contributed by atoms with van der Waals surface area (Å²) >= 11 is 0. The predicted octanol–water partition coefficient (Wildman–Crippen LogP) is 2.94. The molecule has 3 heterocycles. The second-order valence-electron chi connectivity index (χ2n) is 8.71. The summed E-state index contributed by atoms with van der Waals surface area (Å²) in [5.74, 6) is 0.424. The molecule has 2 aliphatic heterocycles. The number of benzene rings is 2.